The molecule has 144 valence electrons. The second-order valence-electron chi connectivity index (χ2n) is 7.62. The fourth-order valence-electron chi connectivity index (χ4n) is 3.74. The zero-order valence-corrected chi connectivity index (χ0v) is 16.9. The first-order valence-electron chi connectivity index (χ1n) is 9.70. The summed E-state index contributed by atoms with van der Waals surface area (Å²) >= 11 is 0. The van der Waals surface area contributed by atoms with E-state index in [4.69, 9.17) is 0 Å². The lowest BCUT2D eigenvalue weighted by Gasteiger charge is -2.19. The fourth-order valence-corrected chi connectivity index (χ4v) is 3.74. The van der Waals surface area contributed by atoms with Crippen molar-refractivity contribution in [1.29, 1.82) is 0 Å². The van der Waals surface area contributed by atoms with Gasteiger partial charge in [0.05, 0.1) is 0 Å². The van der Waals surface area contributed by atoms with E-state index in [1.165, 1.54) is 0 Å². The van der Waals surface area contributed by atoms with Crippen molar-refractivity contribution in [2.75, 3.05) is 19.0 Å². The summed E-state index contributed by atoms with van der Waals surface area (Å²) in [5, 5.41) is 0. The van der Waals surface area contributed by atoms with Crippen molar-refractivity contribution in [2.24, 2.45) is 0 Å². The van der Waals surface area contributed by atoms with Gasteiger partial charge in [-0.3, -0.25) is 9.59 Å². The van der Waals surface area contributed by atoms with Gasteiger partial charge in [-0.1, -0.05) is 60.7 Å². The maximum absolute atomic E-state index is 12.9. The van der Waals surface area contributed by atoms with Crippen LogP contribution in [0.5, 0.6) is 0 Å². The molecule has 0 bridgehead atoms. The summed E-state index contributed by atoms with van der Waals surface area (Å²) in [6.45, 7) is 1.76. The van der Waals surface area contributed by atoms with E-state index >= 15 is 0 Å². The summed E-state index contributed by atoms with van der Waals surface area (Å²) in [6.07, 6.45) is 0.463. The molecule has 0 N–H and O–H groups in total. The summed E-state index contributed by atoms with van der Waals surface area (Å²) in [5.74, 6) is -0.0890. The van der Waals surface area contributed by atoms with Crippen LogP contribution in [0.3, 0.4) is 0 Å². The molecule has 1 aliphatic carbocycles. The highest BCUT2D eigenvalue weighted by Crippen LogP contribution is 2.29. The third-order valence-corrected chi connectivity index (χ3v) is 5.54. The lowest BCUT2D eigenvalue weighted by atomic mass is 9.82. The number of allylic oxidation sites excluding steroid dienone is 2. The van der Waals surface area contributed by atoms with E-state index in [-0.39, 0.29) is 11.6 Å². The Labute approximate surface area is 171 Å². The molecule has 0 saturated carbocycles. The molecule has 3 heteroatoms. The minimum Gasteiger partial charge on any atom is -0.378 e. The Morgan fingerprint density at radius 1 is 0.690 bits per heavy atom. The third kappa shape index (κ3) is 3.52. The molecule has 29 heavy (non-hydrogen) atoms. The number of hydrogen-bond donors (Lipinski definition) is 0. The minimum atomic E-state index is -0.0483. The zero-order valence-electron chi connectivity index (χ0n) is 16.9. The average molecular weight is 381 g/mol. The molecule has 4 rings (SSSR count). The second-order valence-corrected chi connectivity index (χ2v) is 7.62. The Bertz CT molecular complexity index is 1120. The summed E-state index contributed by atoms with van der Waals surface area (Å²) in [7, 11) is 4.05. The van der Waals surface area contributed by atoms with Gasteiger partial charge in [0.15, 0.2) is 11.6 Å². The van der Waals surface area contributed by atoms with Crippen LogP contribution in [0.25, 0.3) is 11.1 Å². The van der Waals surface area contributed by atoms with Crippen LogP contribution in [-0.2, 0) is 6.42 Å². The normalized spacial score (nSPS) is 13.5. The van der Waals surface area contributed by atoms with Crippen LogP contribution in [0.4, 0.5) is 5.69 Å². The predicted octanol–water partition coefficient (Wildman–Crippen LogP) is 5.36. The number of ketones is 2. The van der Waals surface area contributed by atoms with Gasteiger partial charge in [-0.2, -0.15) is 0 Å². The number of rotatable bonds is 4. The molecule has 0 fully saturated rings. The maximum Gasteiger partial charge on any atom is 0.190 e. The smallest absolute Gasteiger partial charge is 0.190 e. The van der Waals surface area contributed by atoms with Crippen molar-refractivity contribution < 1.29 is 9.59 Å². The van der Waals surface area contributed by atoms with Gasteiger partial charge in [-0.25, -0.2) is 0 Å². The van der Waals surface area contributed by atoms with Crippen LogP contribution in [0.1, 0.15) is 33.2 Å². The Kier molecular flexibility index (Phi) is 4.89. The summed E-state index contributed by atoms with van der Waals surface area (Å²) in [6, 6.07) is 23.7. The lowest BCUT2D eigenvalue weighted by Crippen LogP contribution is -2.22. The van der Waals surface area contributed by atoms with Gasteiger partial charge in [-0.05, 0) is 35.7 Å². The number of anilines is 1. The average Bonchev–Trinajstić information content (AvgIpc) is 2.75. The van der Waals surface area contributed by atoms with E-state index in [0.29, 0.717) is 28.7 Å². The van der Waals surface area contributed by atoms with E-state index in [9.17, 15) is 9.59 Å². The Balaban J connectivity index is 1.58. The highest BCUT2D eigenvalue weighted by molar-refractivity contribution is 6.26. The van der Waals surface area contributed by atoms with Gasteiger partial charge in [-0.15, -0.1) is 0 Å². The van der Waals surface area contributed by atoms with Crippen molar-refractivity contribution in [2.45, 2.75) is 13.3 Å². The monoisotopic (exact) mass is 381 g/mol. The van der Waals surface area contributed by atoms with Gasteiger partial charge < -0.3 is 4.90 Å². The van der Waals surface area contributed by atoms with Crippen molar-refractivity contribution in [3.8, 4) is 11.1 Å². The van der Waals surface area contributed by atoms with E-state index in [0.717, 1.165) is 22.4 Å². The summed E-state index contributed by atoms with van der Waals surface area (Å²) in [5.41, 5.74) is 6.62. The number of nitrogens with zero attached hydrogens (tertiary/aromatic N) is 1. The molecule has 0 spiro atoms. The number of carbonyl (C=O) groups is 2. The van der Waals surface area contributed by atoms with E-state index in [1.807, 2.05) is 26.2 Å². The molecule has 3 aromatic carbocycles. The van der Waals surface area contributed by atoms with Crippen LogP contribution in [0, 0.1) is 0 Å². The molecule has 0 radical (unpaired) electrons. The number of benzene rings is 3. The number of fused-ring (bicyclic) bond motifs is 1. The van der Waals surface area contributed by atoms with Crippen LogP contribution in [0.15, 0.2) is 83.9 Å². The number of Topliss-reactive ketones (excluding diaryl/α,β-unsaturated/α-hetero) is 2. The molecule has 3 aromatic rings. The molecule has 3 nitrogen and oxygen atoms in total. The predicted molar refractivity (Wildman–Crippen MR) is 118 cm³/mol. The van der Waals surface area contributed by atoms with Crippen LogP contribution in [-0.4, -0.2) is 25.7 Å². The highest BCUT2D eigenvalue weighted by Gasteiger charge is 2.29. The van der Waals surface area contributed by atoms with Gasteiger partial charge in [0.25, 0.3) is 0 Å². The molecular formula is C26H23NO2. The minimum absolute atomic E-state index is 0.0407. The summed E-state index contributed by atoms with van der Waals surface area (Å²) in [4.78, 5) is 27.7. The highest BCUT2D eigenvalue weighted by atomic mass is 16.1. The molecule has 0 unspecified atom stereocenters. The fraction of sp³-hybridized carbons (Fsp3) is 0.154. The third-order valence-electron chi connectivity index (χ3n) is 5.54. The Morgan fingerprint density at radius 3 is 1.76 bits per heavy atom. The van der Waals surface area contributed by atoms with Crippen molar-refractivity contribution in [3.05, 3.63) is 101 Å². The Morgan fingerprint density at radius 2 is 1.21 bits per heavy atom. The van der Waals surface area contributed by atoms with Gasteiger partial charge in [0.2, 0.25) is 0 Å². The van der Waals surface area contributed by atoms with Gasteiger partial charge >= 0.3 is 0 Å². The molecule has 0 aromatic heterocycles. The van der Waals surface area contributed by atoms with E-state index < -0.39 is 0 Å². The van der Waals surface area contributed by atoms with E-state index in [2.05, 4.69) is 41.3 Å². The van der Waals surface area contributed by atoms with Crippen molar-refractivity contribution in [3.63, 3.8) is 0 Å². The number of hydrogen-bond acceptors (Lipinski definition) is 3. The molecule has 0 aliphatic heterocycles. The van der Waals surface area contributed by atoms with Crippen molar-refractivity contribution in [1.82, 2.24) is 0 Å². The topological polar surface area (TPSA) is 37.4 Å². The molecule has 0 amide bonds. The Hall–Kier alpha value is -3.46. The van der Waals surface area contributed by atoms with Crippen LogP contribution < -0.4 is 4.90 Å². The molecule has 1 aliphatic rings. The van der Waals surface area contributed by atoms with Gasteiger partial charge in [0.1, 0.15) is 0 Å². The molecule has 0 atom stereocenters. The molecule has 0 heterocycles. The first kappa shape index (κ1) is 18.9. The standard InChI is InChI=1S/C26H23NO2/c1-17-24(26(29)23-7-5-4-6-22(23)25(17)28)16-18-8-10-19(11-9-18)20-12-14-21(15-13-20)27(2)3/h4-15H,16H2,1-3H3. The summed E-state index contributed by atoms with van der Waals surface area (Å²) < 4.78 is 0. The van der Waals surface area contributed by atoms with Crippen LogP contribution >= 0.6 is 0 Å². The SMILES string of the molecule is CC1=C(Cc2ccc(-c3ccc(N(C)C)cc3)cc2)C(=O)c2ccccc2C1=O. The van der Waals surface area contributed by atoms with Crippen molar-refractivity contribution >= 4 is 17.3 Å². The maximum atomic E-state index is 12.9. The largest absolute Gasteiger partial charge is 0.378 e. The number of carbonyl (C=O) groups excluding carboxylic acids is 2. The van der Waals surface area contributed by atoms with Crippen LogP contribution in [0.2, 0.25) is 0 Å². The quantitative estimate of drug-likeness (QED) is 0.611. The first-order valence-corrected chi connectivity index (χ1v) is 9.70. The molecular weight excluding hydrogens is 358 g/mol. The van der Waals surface area contributed by atoms with E-state index in [1.54, 1.807) is 31.2 Å². The lowest BCUT2D eigenvalue weighted by molar-refractivity contribution is 0.0973. The van der Waals surface area contributed by atoms with Gasteiger partial charge in [0, 0.05) is 48.5 Å². The molecule has 0 saturated heterocycles. The zero-order chi connectivity index (χ0) is 20.5. The second kappa shape index (κ2) is 7.51. The first-order chi connectivity index (χ1) is 14.0.